The minimum absolute atomic E-state index is 0.715. The van der Waals surface area contributed by atoms with Gasteiger partial charge in [0.1, 0.15) is 0 Å². The molecule has 0 saturated heterocycles. The molecular formula is C9H14N2. The largest absolute Gasteiger partial charge is 0.159 e. The molecule has 0 saturated carbocycles. The average molecular weight is 150 g/mol. The van der Waals surface area contributed by atoms with Gasteiger partial charge in [-0.05, 0) is 24.5 Å². The molecule has 1 atom stereocenters. The molecule has 0 radical (unpaired) electrons. The van der Waals surface area contributed by atoms with Crippen molar-refractivity contribution in [2.75, 3.05) is 0 Å². The Hall–Kier alpha value is -0.920. The molecule has 1 aromatic rings. The van der Waals surface area contributed by atoms with Crippen LogP contribution in [0.2, 0.25) is 0 Å². The topological polar surface area (TPSA) is 25.8 Å². The molecule has 2 nitrogen and oxygen atoms in total. The van der Waals surface area contributed by atoms with Gasteiger partial charge in [-0.15, -0.1) is 0 Å². The van der Waals surface area contributed by atoms with E-state index in [1.807, 2.05) is 12.1 Å². The van der Waals surface area contributed by atoms with Gasteiger partial charge < -0.3 is 0 Å². The molecule has 60 valence electrons. The second-order valence-electron chi connectivity index (χ2n) is 2.93. The van der Waals surface area contributed by atoms with Crippen molar-refractivity contribution in [2.45, 2.75) is 26.7 Å². The van der Waals surface area contributed by atoms with Gasteiger partial charge >= 0.3 is 0 Å². The lowest BCUT2D eigenvalue weighted by Crippen LogP contribution is -2.00. The van der Waals surface area contributed by atoms with E-state index in [4.69, 9.17) is 0 Å². The minimum Gasteiger partial charge on any atom is -0.159 e. The number of aromatic nitrogens is 2. The van der Waals surface area contributed by atoms with Crippen LogP contribution in [0.3, 0.4) is 0 Å². The Morgan fingerprint density at radius 3 is 2.91 bits per heavy atom. The van der Waals surface area contributed by atoms with E-state index in [0.717, 1.165) is 12.1 Å². The molecular weight excluding hydrogens is 136 g/mol. The van der Waals surface area contributed by atoms with E-state index in [-0.39, 0.29) is 0 Å². The van der Waals surface area contributed by atoms with Crippen LogP contribution in [-0.4, -0.2) is 10.2 Å². The predicted molar refractivity (Wildman–Crippen MR) is 45.2 cm³/mol. The first kappa shape index (κ1) is 8.18. The molecule has 0 fully saturated rings. The molecule has 1 aromatic heterocycles. The molecule has 1 heterocycles. The van der Waals surface area contributed by atoms with Crippen molar-refractivity contribution in [3.8, 4) is 0 Å². The number of hydrogen-bond donors (Lipinski definition) is 0. The van der Waals surface area contributed by atoms with Gasteiger partial charge in [-0.2, -0.15) is 10.2 Å². The highest BCUT2D eigenvalue weighted by molar-refractivity contribution is 4.99. The summed E-state index contributed by atoms with van der Waals surface area (Å²) in [5.74, 6) is 0.715. The Kier molecular flexibility index (Phi) is 3.02. The fraction of sp³-hybridized carbons (Fsp3) is 0.556. The van der Waals surface area contributed by atoms with Crippen LogP contribution in [0.4, 0.5) is 0 Å². The molecule has 0 aliphatic heterocycles. The standard InChI is InChI=1S/C9H14N2/c1-3-8(2)7-9-5-4-6-10-11-9/h4-6,8H,3,7H2,1-2H3. The fourth-order valence-electron chi connectivity index (χ4n) is 0.944. The third-order valence-corrected chi connectivity index (χ3v) is 1.88. The average Bonchev–Trinajstić information content (AvgIpc) is 2.06. The van der Waals surface area contributed by atoms with Crippen molar-refractivity contribution in [2.24, 2.45) is 5.92 Å². The first-order chi connectivity index (χ1) is 5.33. The van der Waals surface area contributed by atoms with Gasteiger partial charge in [0.25, 0.3) is 0 Å². The number of hydrogen-bond acceptors (Lipinski definition) is 2. The van der Waals surface area contributed by atoms with E-state index in [9.17, 15) is 0 Å². The zero-order valence-electron chi connectivity index (χ0n) is 7.12. The summed E-state index contributed by atoms with van der Waals surface area (Å²) < 4.78 is 0. The van der Waals surface area contributed by atoms with Gasteiger partial charge in [-0.3, -0.25) is 0 Å². The summed E-state index contributed by atoms with van der Waals surface area (Å²) in [5, 5.41) is 7.84. The lowest BCUT2D eigenvalue weighted by molar-refractivity contribution is 0.549. The quantitative estimate of drug-likeness (QED) is 0.659. The number of nitrogens with zero attached hydrogens (tertiary/aromatic N) is 2. The van der Waals surface area contributed by atoms with Gasteiger partial charge in [0.2, 0.25) is 0 Å². The Balaban J connectivity index is 2.51. The minimum atomic E-state index is 0.715. The highest BCUT2D eigenvalue weighted by Crippen LogP contribution is 2.07. The molecule has 0 aliphatic carbocycles. The molecule has 0 bridgehead atoms. The molecule has 0 spiro atoms. The molecule has 0 N–H and O–H groups in total. The number of rotatable bonds is 3. The predicted octanol–water partition coefficient (Wildman–Crippen LogP) is 2.07. The lowest BCUT2D eigenvalue weighted by Gasteiger charge is -2.05. The summed E-state index contributed by atoms with van der Waals surface area (Å²) in [6.45, 7) is 4.43. The van der Waals surface area contributed by atoms with Crippen LogP contribution >= 0.6 is 0 Å². The highest BCUT2D eigenvalue weighted by Gasteiger charge is 2.00. The third-order valence-electron chi connectivity index (χ3n) is 1.88. The summed E-state index contributed by atoms with van der Waals surface area (Å²) in [4.78, 5) is 0. The lowest BCUT2D eigenvalue weighted by atomic mass is 10.0. The monoisotopic (exact) mass is 150 g/mol. The van der Waals surface area contributed by atoms with Crippen LogP contribution < -0.4 is 0 Å². The summed E-state index contributed by atoms with van der Waals surface area (Å²) in [6.07, 6.45) is 3.96. The smallest absolute Gasteiger partial charge is 0.0633 e. The summed E-state index contributed by atoms with van der Waals surface area (Å²) in [6, 6.07) is 3.96. The Labute approximate surface area is 67.7 Å². The van der Waals surface area contributed by atoms with E-state index in [1.54, 1.807) is 6.20 Å². The van der Waals surface area contributed by atoms with E-state index in [0.29, 0.717) is 5.92 Å². The third kappa shape index (κ3) is 2.66. The molecule has 0 aromatic carbocycles. The zero-order valence-corrected chi connectivity index (χ0v) is 7.12. The second-order valence-corrected chi connectivity index (χ2v) is 2.93. The van der Waals surface area contributed by atoms with Crippen molar-refractivity contribution in [3.63, 3.8) is 0 Å². The van der Waals surface area contributed by atoms with Crippen LogP contribution in [0.15, 0.2) is 18.3 Å². The van der Waals surface area contributed by atoms with Crippen LogP contribution in [-0.2, 0) is 6.42 Å². The van der Waals surface area contributed by atoms with Gasteiger partial charge in [0.05, 0.1) is 5.69 Å². The van der Waals surface area contributed by atoms with E-state index < -0.39 is 0 Å². The first-order valence-corrected chi connectivity index (χ1v) is 4.09. The molecule has 11 heavy (non-hydrogen) atoms. The van der Waals surface area contributed by atoms with Gasteiger partial charge in [-0.1, -0.05) is 20.3 Å². The van der Waals surface area contributed by atoms with Crippen molar-refractivity contribution >= 4 is 0 Å². The van der Waals surface area contributed by atoms with Crippen LogP contribution in [0.5, 0.6) is 0 Å². The van der Waals surface area contributed by atoms with Crippen molar-refractivity contribution in [1.29, 1.82) is 0 Å². The summed E-state index contributed by atoms with van der Waals surface area (Å²) in [7, 11) is 0. The van der Waals surface area contributed by atoms with Crippen molar-refractivity contribution in [3.05, 3.63) is 24.0 Å². The summed E-state index contributed by atoms with van der Waals surface area (Å²) >= 11 is 0. The van der Waals surface area contributed by atoms with Gasteiger partial charge in [0, 0.05) is 6.20 Å². The Bertz CT molecular complexity index is 196. The van der Waals surface area contributed by atoms with E-state index in [2.05, 4.69) is 24.0 Å². The molecule has 0 aliphatic rings. The van der Waals surface area contributed by atoms with Gasteiger partial charge in [-0.25, -0.2) is 0 Å². The maximum atomic E-state index is 4.02. The van der Waals surface area contributed by atoms with Gasteiger partial charge in [0.15, 0.2) is 0 Å². The Morgan fingerprint density at radius 1 is 1.55 bits per heavy atom. The molecule has 1 unspecified atom stereocenters. The Morgan fingerprint density at radius 2 is 2.36 bits per heavy atom. The van der Waals surface area contributed by atoms with E-state index in [1.165, 1.54) is 6.42 Å². The normalized spacial score (nSPS) is 12.9. The maximum absolute atomic E-state index is 4.02. The van der Waals surface area contributed by atoms with Crippen LogP contribution in [0.1, 0.15) is 26.0 Å². The molecule has 2 heteroatoms. The van der Waals surface area contributed by atoms with Crippen LogP contribution in [0.25, 0.3) is 0 Å². The van der Waals surface area contributed by atoms with E-state index >= 15 is 0 Å². The SMILES string of the molecule is CCC(C)Cc1cccnn1. The molecule has 0 amide bonds. The highest BCUT2D eigenvalue weighted by atomic mass is 15.1. The second kappa shape index (κ2) is 4.06. The van der Waals surface area contributed by atoms with Crippen molar-refractivity contribution < 1.29 is 0 Å². The van der Waals surface area contributed by atoms with Crippen molar-refractivity contribution in [1.82, 2.24) is 10.2 Å². The summed E-state index contributed by atoms with van der Waals surface area (Å²) in [5.41, 5.74) is 1.10. The maximum Gasteiger partial charge on any atom is 0.0633 e. The fourth-order valence-corrected chi connectivity index (χ4v) is 0.944. The zero-order chi connectivity index (χ0) is 8.10. The van der Waals surface area contributed by atoms with Crippen LogP contribution in [0, 0.1) is 5.92 Å². The molecule has 1 rings (SSSR count). The first-order valence-electron chi connectivity index (χ1n) is 4.09.